The van der Waals surface area contributed by atoms with Crippen LogP contribution in [0.3, 0.4) is 0 Å². The minimum Gasteiger partial charge on any atom is -0.478 e. The zero-order valence-electron chi connectivity index (χ0n) is 14.5. The Kier molecular flexibility index (Phi) is 4.48. The van der Waals surface area contributed by atoms with Crippen molar-refractivity contribution < 1.29 is 9.90 Å². The lowest BCUT2D eigenvalue weighted by Crippen LogP contribution is -2.08. The molecule has 2 aliphatic carbocycles. The van der Waals surface area contributed by atoms with Crippen LogP contribution in [0.2, 0.25) is 0 Å². The first-order valence-electron chi connectivity index (χ1n) is 9.43. The Morgan fingerprint density at radius 2 is 1.72 bits per heavy atom. The van der Waals surface area contributed by atoms with Crippen LogP contribution >= 0.6 is 0 Å². The van der Waals surface area contributed by atoms with Gasteiger partial charge in [-0.2, -0.15) is 0 Å². The highest BCUT2D eigenvalue weighted by Gasteiger charge is 2.23. The maximum Gasteiger partial charge on any atom is 0.335 e. The monoisotopic (exact) mass is 335 g/mol. The van der Waals surface area contributed by atoms with E-state index in [1.165, 1.54) is 43.2 Å². The Bertz CT molecular complexity index is 760. The Morgan fingerprint density at radius 3 is 2.44 bits per heavy atom. The van der Waals surface area contributed by atoms with Crippen LogP contribution in [0.1, 0.15) is 77.5 Å². The number of aromatic carboxylic acids is 1. The van der Waals surface area contributed by atoms with E-state index in [1.54, 1.807) is 6.07 Å². The van der Waals surface area contributed by atoms with Gasteiger partial charge in [0.25, 0.3) is 0 Å². The molecule has 0 heterocycles. The predicted octanol–water partition coefficient (Wildman–Crippen LogP) is 5.53. The van der Waals surface area contributed by atoms with Gasteiger partial charge in [0.2, 0.25) is 0 Å². The van der Waals surface area contributed by atoms with Crippen LogP contribution in [0.5, 0.6) is 0 Å². The zero-order chi connectivity index (χ0) is 17.2. The third-order valence-corrected chi connectivity index (χ3v) is 5.80. The molecule has 2 N–H and O–H groups in total. The molecule has 0 bridgehead atoms. The van der Waals surface area contributed by atoms with E-state index in [4.69, 9.17) is 5.11 Å². The molecule has 0 saturated heterocycles. The fraction of sp³-hybridized carbons (Fsp3) is 0.409. The van der Waals surface area contributed by atoms with Gasteiger partial charge in [-0.3, -0.25) is 0 Å². The maximum atomic E-state index is 11.1. The van der Waals surface area contributed by atoms with E-state index in [0.717, 1.165) is 30.0 Å². The number of carboxylic acid groups (broad SMARTS) is 1. The van der Waals surface area contributed by atoms with Gasteiger partial charge < -0.3 is 10.4 Å². The summed E-state index contributed by atoms with van der Waals surface area (Å²) in [5.41, 5.74) is 5.41. The molecule has 130 valence electrons. The SMILES string of the molecule is O=C(O)c1ccc2c(c1)CCC2Nc1ccc(C2CCCCC2)cc1. The van der Waals surface area contributed by atoms with Crippen molar-refractivity contribution in [1.29, 1.82) is 0 Å². The number of aryl methyl sites for hydroxylation is 1. The number of anilines is 1. The largest absolute Gasteiger partial charge is 0.478 e. The van der Waals surface area contributed by atoms with Crippen LogP contribution in [0, 0.1) is 0 Å². The Balaban J connectivity index is 1.46. The van der Waals surface area contributed by atoms with Gasteiger partial charge in [0.05, 0.1) is 11.6 Å². The van der Waals surface area contributed by atoms with E-state index < -0.39 is 5.97 Å². The number of carboxylic acids is 1. The lowest BCUT2D eigenvalue weighted by Gasteiger charge is -2.22. The molecule has 0 aliphatic heterocycles. The van der Waals surface area contributed by atoms with Crippen molar-refractivity contribution in [1.82, 2.24) is 0 Å². The normalized spacial score (nSPS) is 20.2. The summed E-state index contributed by atoms with van der Waals surface area (Å²) in [5, 5.41) is 12.8. The minimum atomic E-state index is -0.850. The summed E-state index contributed by atoms with van der Waals surface area (Å²) >= 11 is 0. The molecule has 0 aromatic heterocycles. The van der Waals surface area contributed by atoms with Gasteiger partial charge in [0.15, 0.2) is 0 Å². The molecule has 2 aliphatic rings. The number of benzene rings is 2. The molecular formula is C22H25NO2. The number of carbonyl (C=O) groups is 1. The first-order chi connectivity index (χ1) is 12.2. The second-order valence-electron chi connectivity index (χ2n) is 7.41. The number of rotatable bonds is 4. The summed E-state index contributed by atoms with van der Waals surface area (Å²) in [6.45, 7) is 0. The van der Waals surface area contributed by atoms with E-state index in [0.29, 0.717) is 5.56 Å². The lowest BCUT2D eigenvalue weighted by atomic mass is 9.84. The molecule has 4 rings (SSSR count). The van der Waals surface area contributed by atoms with Crippen molar-refractivity contribution in [3.63, 3.8) is 0 Å². The van der Waals surface area contributed by atoms with Gasteiger partial charge in [-0.05, 0) is 72.6 Å². The highest BCUT2D eigenvalue weighted by atomic mass is 16.4. The zero-order valence-corrected chi connectivity index (χ0v) is 14.5. The van der Waals surface area contributed by atoms with Crippen LogP contribution in [-0.4, -0.2) is 11.1 Å². The molecule has 25 heavy (non-hydrogen) atoms. The molecule has 3 nitrogen and oxygen atoms in total. The quantitative estimate of drug-likeness (QED) is 0.772. The first-order valence-corrected chi connectivity index (χ1v) is 9.43. The fourth-order valence-corrected chi connectivity index (χ4v) is 4.39. The fourth-order valence-electron chi connectivity index (χ4n) is 4.39. The second-order valence-corrected chi connectivity index (χ2v) is 7.41. The molecule has 1 atom stereocenters. The molecular weight excluding hydrogens is 310 g/mol. The topological polar surface area (TPSA) is 49.3 Å². The average molecular weight is 335 g/mol. The van der Waals surface area contributed by atoms with Crippen LogP contribution in [0.15, 0.2) is 42.5 Å². The summed E-state index contributed by atoms with van der Waals surface area (Å²) in [6, 6.07) is 14.8. The number of fused-ring (bicyclic) bond motifs is 1. The van der Waals surface area contributed by atoms with Gasteiger partial charge in [0.1, 0.15) is 0 Å². The van der Waals surface area contributed by atoms with Crippen LogP contribution < -0.4 is 5.32 Å². The van der Waals surface area contributed by atoms with Gasteiger partial charge in [-0.15, -0.1) is 0 Å². The Hall–Kier alpha value is -2.29. The van der Waals surface area contributed by atoms with Crippen molar-refractivity contribution in [3.8, 4) is 0 Å². The number of hydrogen-bond acceptors (Lipinski definition) is 2. The van der Waals surface area contributed by atoms with Crippen molar-refractivity contribution in [3.05, 3.63) is 64.7 Å². The van der Waals surface area contributed by atoms with Gasteiger partial charge in [-0.1, -0.05) is 37.5 Å². The van der Waals surface area contributed by atoms with Gasteiger partial charge >= 0.3 is 5.97 Å². The van der Waals surface area contributed by atoms with E-state index in [2.05, 4.69) is 29.6 Å². The average Bonchev–Trinajstić information content (AvgIpc) is 3.05. The molecule has 0 radical (unpaired) electrons. The van der Waals surface area contributed by atoms with Crippen molar-refractivity contribution in [2.24, 2.45) is 0 Å². The second kappa shape index (κ2) is 6.91. The van der Waals surface area contributed by atoms with Gasteiger partial charge in [-0.25, -0.2) is 4.79 Å². The van der Waals surface area contributed by atoms with Crippen LogP contribution in [0.25, 0.3) is 0 Å². The van der Waals surface area contributed by atoms with Crippen molar-refractivity contribution in [2.45, 2.75) is 56.9 Å². The molecule has 2 aromatic rings. The van der Waals surface area contributed by atoms with Crippen LogP contribution in [0.4, 0.5) is 5.69 Å². The molecule has 3 heteroatoms. The number of hydrogen-bond donors (Lipinski definition) is 2. The molecule has 2 aromatic carbocycles. The van der Waals surface area contributed by atoms with Crippen molar-refractivity contribution >= 4 is 11.7 Å². The van der Waals surface area contributed by atoms with E-state index in [9.17, 15) is 4.79 Å². The summed E-state index contributed by atoms with van der Waals surface area (Å²) in [5.74, 6) is -0.109. The maximum absolute atomic E-state index is 11.1. The lowest BCUT2D eigenvalue weighted by molar-refractivity contribution is 0.0697. The Labute approximate surface area is 149 Å². The van der Waals surface area contributed by atoms with E-state index in [-0.39, 0.29) is 6.04 Å². The highest BCUT2D eigenvalue weighted by Crippen LogP contribution is 2.36. The third kappa shape index (κ3) is 3.41. The minimum absolute atomic E-state index is 0.276. The van der Waals surface area contributed by atoms with Crippen molar-refractivity contribution in [2.75, 3.05) is 5.32 Å². The smallest absolute Gasteiger partial charge is 0.335 e. The summed E-state index contributed by atoms with van der Waals surface area (Å²) in [6.07, 6.45) is 8.73. The Morgan fingerprint density at radius 1 is 0.960 bits per heavy atom. The van der Waals surface area contributed by atoms with E-state index in [1.807, 2.05) is 12.1 Å². The summed E-state index contributed by atoms with van der Waals surface area (Å²) < 4.78 is 0. The third-order valence-electron chi connectivity index (χ3n) is 5.80. The molecule has 1 fully saturated rings. The first kappa shape index (κ1) is 16.2. The predicted molar refractivity (Wildman–Crippen MR) is 100 cm³/mol. The summed E-state index contributed by atoms with van der Waals surface area (Å²) in [7, 11) is 0. The molecule has 0 spiro atoms. The molecule has 1 unspecified atom stereocenters. The van der Waals surface area contributed by atoms with Gasteiger partial charge in [0, 0.05) is 5.69 Å². The molecule has 0 amide bonds. The summed E-state index contributed by atoms with van der Waals surface area (Å²) in [4.78, 5) is 11.1. The number of nitrogens with one attached hydrogen (secondary N) is 1. The standard InChI is InChI=1S/C22H25NO2/c24-22(25)18-8-12-20-17(14-18)9-13-21(20)23-19-10-6-16(7-11-19)15-4-2-1-3-5-15/h6-8,10-12,14-15,21,23H,1-5,9,13H2,(H,24,25). The van der Waals surface area contributed by atoms with Crippen LogP contribution in [-0.2, 0) is 6.42 Å². The van der Waals surface area contributed by atoms with E-state index >= 15 is 0 Å². The molecule has 1 saturated carbocycles. The highest BCUT2D eigenvalue weighted by molar-refractivity contribution is 5.88.